The van der Waals surface area contributed by atoms with Crippen LogP contribution in [0.5, 0.6) is 0 Å². The molecular weight excluding hydrogens is 438 g/mol. The van der Waals surface area contributed by atoms with Gasteiger partial charge in [-0.1, -0.05) is 4.41 Å². The topological polar surface area (TPSA) is 131 Å². The van der Waals surface area contributed by atoms with E-state index in [1.165, 1.54) is 19.3 Å². The predicted molar refractivity (Wildman–Crippen MR) is 104 cm³/mol. The number of pyridine rings is 1. The van der Waals surface area contributed by atoms with Crippen LogP contribution >= 0.6 is 15.9 Å². The van der Waals surface area contributed by atoms with Crippen LogP contribution in [-0.2, 0) is 14.6 Å². The number of halogens is 1. The number of nitroso groups, excluding NO2 is 1. The molecule has 1 unspecified atom stereocenters. The van der Waals surface area contributed by atoms with Crippen LogP contribution in [0.1, 0.15) is 11.3 Å². The highest BCUT2D eigenvalue weighted by Crippen LogP contribution is 2.25. The molecular formula is C16H17BrN5O4S+. The largest absolute Gasteiger partial charge is 0.870 e. The molecule has 0 radical (unpaired) electrons. The van der Waals surface area contributed by atoms with Crippen LogP contribution < -0.4 is 5.18 Å². The number of rotatable bonds is 5. The Labute approximate surface area is 164 Å². The first-order valence-electron chi connectivity index (χ1n) is 7.49. The molecule has 9 nitrogen and oxygen atoms in total. The average molecular weight is 455 g/mol. The molecule has 1 aromatic carbocycles. The lowest BCUT2D eigenvalue weighted by atomic mass is 10.2. The van der Waals surface area contributed by atoms with Crippen molar-refractivity contribution in [3.63, 3.8) is 0 Å². The van der Waals surface area contributed by atoms with Gasteiger partial charge in [-0.3, -0.25) is 4.40 Å². The summed E-state index contributed by atoms with van der Waals surface area (Å²) < 4.78 is 27.0. The molecule has 142 valence electrons. The molecule has 0 saturated carbocycles. The van der Waals surface area contributed by atoms with E-state index in [1.807, 2.05) is 18.3 Å². The summed E-state index contributed by atoms with van der Waals surface area (Å²) in [6.07, 6.45) is 4.90. The fourth-order valence-corrected chi connectivity index (χ4v) is 3.93. The summed E-state index contributed by atoms with van der Waals surface area (Å²) in [6.45, 7) is 1.69. The summed E-state index contributed by atoms with van der Waals surface area (Å²) in [5.41, 5.74) is 2.16. The van der Waals surface area contributed by atoms with Gasteiger partial charge in [-0.25, -0.2) is 4.98 Å². The van der Waals surface area contributed by atoms with E-state index >= 15 is 0 Å². The molecule has 2 heterocycles. The highest BCUT2D eigenvalue weighted by Gasteiger charge is 2.38. The molecule has 3 rings (SSSR count). The van der Waals surface area contributed by atoms with Gasteiger partial charge >= 0.3 is 10.4 Å². The zero-order valence-electron chi connectivity index (χ0n) is 14.4. The number of fused-ring (bicyclic) bond motifs is 1. The molecule has 1 atom stereocenters. The van der Waals surface area contributed by atoms with Gasteiger partial charge in [-0.15, -0.1) is 5.10 Å². The van der Waals surface area contributed by atoms with E-state index in [0.717, 1.165) is 14.5 Å². The van der Waals surface area contributed by atoms with Crippen molar-refractivity contribution in [2.45, 2.75) is 11.8 Å². The van der Waals surface area contributed by atoms with E-state index in [-0.39, 0.29) is 16.1 Å². The Morgan fingerprint density at radius 1 is 1.37 bits per heavy atom. The minimum Gasteiger partial charge on any atom is -0.870 e. The predicted octanol–water partition coefficient (Wildman–Crippen LogP) is 1.92. The van der Waals surface area contributed by atoms with E-state index in [1.54, 1.807) is 34.8 Å². The van der Waals surface area contributed by atoms with Gasteiger partial charge in [0.05, 0.1) is 31.2 Å². The molecule has 3 aromatic rings. The normalized spacial score (nSPS) is 13.3. The Kier molecular flexibility index (Phi) is 6.21. The molecule has 0 spiro atoms. The van der Waals surface area contributed by atoms with Crippen molar-refractivity contribution in [2.75, 3.05) is 7.05 Å². The van der Waals surface area contributed by atoms with E-state index in [4.69, 9.17) is 0 Å². The average Bonchev–Trinajstić information content (AvgIpc) is 3.02. The Balaban J connectivity index is 0.00000261. The smallest absolute Gasteiger partial charge is 0.364 e. The number of aryl methyl sites for hydroxylation is 1. The number of benzene rings is 1. The fraction of sp³-hybridized carbons (Fsp3) is 0.125. The van der Waals surface area contributed by atoms with Crippen LogP contribution in [0.15, 0.2) is 57.2 Å². The maximum absolute atomic E-state index is 12.9. The second-order valence-electron chi connectivity index (χ2n) is 5.55. The molecule has 11 heteroatoms. The van der Waals surface area contributed by atoms with Gasteiger partial charge in [-0.05, 0) is 45.3 Å². The first-order valence-corrected chi connectivity index (χ1v) is 9.75. The number of aromatic nitrogens is 2. The number of hydrogen-bond donors (Lipinski definition) is 2. The van der Waals surface area contributed by atoms with Crippen LogP contribution in [0, 0.1) is 11.8 Å². The minimum atomic E-state index is -3.65. The second-order valence-corrected chi connectivity index (χ2v) is 8.42. The van der Waals surface area contributed by atoms with Crippen LogP contribution in [0.25, 0.3) is 5.65 Å². The molecule has 0 aliphatic heterocycles. The molecule has 3 N–H and O–H groups in total. The molecule has 0 aliphatic rings. The van der Waals surface area contributed by atoms with Crippen LogP contribution in [0.3, 0.4) is 0 Å². The van der Waals surface area contributed by atoms with Crippen LogP contribution in [-0.4, -0.2) is 37.1 Å². The van der Waals surface area contributed by atoms with Crippen molar-refractivity contribution in [1.29, 1.82) is 0 Å². The molecule has 0 aliphatic carbocycles. The Bertz CT molecular complexity index is 1070. The van der Waals surface area contributed by atoms with Crippen molar-refractivity contribution in [2.24, 2.45) is 5.10 Å². The summed E-state index contributed by atoms with van der Waals surface area (Å²) in [5.74, 6) is 0. The quantitative estimate of drug-likeness (QED) is 0.345. The van der Waals surface area contributed by atoms with Crippen LogP contribution in [0.4, 0.5) is 5.69 Å². The Morgan fingerprint density at radius 2 is 2.11 bits per heavy atom. The van der Waals surface area contributed by atoms with Gasteiger partial charge in [0, 0.05) is 32.4 Å². The number of hydrogen-bond acceptors (Lipinski definition) is 5. The van der Waals surface area contributed by atoms with E-state index in [9.17, 15) is 13.7 Å². The van der Waals surface area contributed by atoms with Crippen molar-refractivity contribution in [1.82, 2.24) is 13.8 Å². The third-order valence-electron chi connectivity index (χ3n) is 3.80. The number of nitrogens with zero attached hydrogens (tertiary/aromatic N) is 4. The SMILES string of the molecule is Cc1ccc([NH+]=O)cc1[S+](=O)(O)N(C)/N=C/c1cnc2ccc(Br)cn12.[OH-]. The molecule has 2 aromatic heterocycles. The zero-order valence-corrected chi connectivity index (χ0v) is 16.8. The minimum absolute atomic E-state index is 0. The van der Waals surface area contributed by atoms with Gasteiger partial charge in [0.2, 0.25) is 4.90 Å². The standard InChI is InChI=1S/C16H14BrN5O3S.H2O/c1-11-3-5-13(20-23)7-15(11)26(24,25)21(2)19-9-14-8-18-16-6-4-12(17)10-22(14)16;/h3-10H,1-2H3;1H2/p+1/b19-9+;. The number of imidazole rings is 1. The monoisotopic (exact) mass is 454 g/mol. The Hall–Kier alpha value is -2.47. The van der Waals surface area contributed by atoms with Crippen molar-refractivity contribution in [3.05, 3.63) is 63.4 Å². The van der Waals surface area contributed by atoms with Gasteiger partial charge in [0.1, 0.15) is 5.65 Å². The maximum atomic E-state index is 12.9. The highest BCUT2D eigenvalue weighted by molar-refractivity contribution is 9.10. The lowest BCUT2D eigenvalue weighted by Crippen LogP contribution is -2.55. The summed E-state index contributed by atoms with van der Waals surface area (Å²) in [5, 5.41) is 5.82. The number of nitrogens with one attached hydrogen (secondary N) is 1. The van der Waals surface area contributed by atoms with Crippen molar-refractivity contribution < 1.29 is 19.4 Å². The van der Waals surface area contributed by atoms with Gasteiger partial charge < -0.3 is 5.48 Å². The van der Waals surface area contributed by atoms with Crippen molar-refractivity contribution >= 4 is 43.9 Å². The van der Waals surface area contributed by atoms with Gasteiger partial charge in [0.25, 0.3) is 5.69 Å². The molecule has 0 amide bonds. The van der Waals surface area contributed by atoms with E-state index < -0.39 is 10.4 Å². The van der Waals surface area contributed by atoms with Gasteiger partial charge in [-0.2, -0.15) is 4.55 Å². The lowest BCUT2D eigenvalue weighted by Gasteiger charge is -2.12. The molecule has 0 bridgehead atoms. The molecule has 27 heavy (non-hydrogen) atoms. The number of hydrazone groups is 1. The van der Waals surface area contributed by atoms with Gasteiger partial charge in [0.15, 0.2) is 0 Å². The highest BCUT2D eigenvalue weighted by atomic mass is 79.9. The third-order valence-corrected chi connectivity index (χ3v) is 6.09. The van der Waals surface area contributed by atoms with Crippen molar-refractivity contribution in [3.8, 4) is 0 Å². The van der Waals surface area contributed by atoms with E-state index in [2.05, 4.69) is 26.0 Å². The Morgan fingerprint density at radius 3 is 2.81 bits per heavy atom. The first-order chi connectivity index (χ1) is 12.3. The second kappa shape index (κ2) is 8.05. The molecule has 0 fully saturated rings. The summed E-state index contributed by atoms with van der Waals surface area (Å²) in [6, 6.07) is 8.20. The summed E-state index contributed by atoms with van der Waals surface area (Å²) in [4.78, 5) is 15.2. The summed E-state index contributed by atoms with van der Waals surface area (Å²) in [7, 11) is -2.25. The van der Waals surface area contributed by atoms with Crippen LogP contribution in [0.2, 0.25) is 0 Å². The summed E-state index contributed by atoms with van der Waals surface area (Å²) >= 11 is 3.39. The fourth-order valence-electron chi connectivity index (χ4n) is 2.37. The zero-order chi connectivity index (χ0) is 18.9. The molecule has 0 saturated heterocycles. The third kappa shape index (κ3) is 4.11. The lowest BCUT2D eigenvalue weighted by molar-refractivity contribution is -0.379. The maximum Gasteiger partial charge on any atom is 0.364 e. The first kappa shape index (κ1) is 20.8. The van der Waals surface area contributed by atoms with E-state index in [0.29, 0.717) is 11.3 Å².